The minimum atomic E-state index is -0.145. The molecule has 0 radical (unpaired) electrons. The van der Waals surface area contributed by atoms with Crippen molar-refractivity contribution in [1.82, 2.24) is 0 Å². The van der Waals surface area contributed by atoms with Gasteiger partial charge < -0.3 is 0 Å². The quantitative estimate of drug-likeness (QED) is 0.603. The average molecular weight is 409 g/mol. The van der Waals surface area contributed by atoms with Crippen molar-refractivity contribution in [3.63, 3.8) is 0 Å². The van der Waals surface area contributed by atoms with Gasteiger partial charge in [-0.25, -0.2) is 0 Å². The van der Waals surface area contributed by atoms with Crippen molar-refractivity contribution >= 4 is 30.5 Å². The van der Waals surface area contributed by atoms with Crippen LogP contribution in [0.2, 0.25) is 0 Å². The topological polar surface area (TPSA) is 0 Å². The van der Waals surface area contributed by atoms with E-state index in [0.717, 1.165) is 0 Å². The summed E-state index contributed by atoms with van der Waals surface area (Å²) in [6.07, 6.45) is 4.55. The Morgan fingerprint density at radius 2 is 1.80 bits per heavy atom. The monoisotopic (exact) mass is 406 g/mol. The van der Waals surface area contributed by atoms with E-state index in [2.05, 4.69) is 74.7 Å². The summed E-state index contributed by atoms with van der Waals surface area (Å²) in [5.74, 6) is 1.35. The van der Waals surface area contributed by atoms with E-state index in [1.165, 1.54) is 11.1 Å². The molecule has 1 atom stereocenters. The molecule has 0 aromatic heterocycles. The van der Waals surface area contributed by atoms with Crippen LogP contribution in [0.4, 0.5) is 0 Å². The van der Waals surface area contributed by atoms with Gasteiger partial charge in [-0.2, -0.15) is 0 Å². The van der Waals surface area contributed by atoms with E-state index in [0.29, 0.717) is 11.8 Å². The summed E-state index contributed by atoms with van der Waals surface area (Å²) >= 11 is 6.32. The van der Waals surface area contributed by atoms with Crippen LogP contribution < -0.4 is 0 Å². The zero-order valence-electron chi connectivity index (χ0n) is 8.87. The number of rotatable bonds is 1. The molecule has 1 unspecified atom stereocenters. The van der Waals surface area contributed by atoms with Gasteiger partial charge in [-0.3, -0.25) is 0 Å². The summed E-state index contributed by atoms with van der Waals surface area (Å²) < 4.78 is 0. The molecule has 0 aliphatic heterocycles. The Kier molecular flexibility index (Phi) is 6.65. The molecule has 1 aromatic rings. The van der Waals surface area contributed by atoms with Gasteiger partial charge in [0, 0.05) is 5.92 Å². The van der Waals surface area contributed by atoms with Crippen LogP contribution in [-0.2, 0) is 18.5 Å². The van der Waals surface area contributed by atoms with Gasteiger partial charge in [0.2, 0.25) is 0 Å². The molecule has 0 fully saturated rings. The zero-order chi connectivity index (χ0) is 11.3. The fourth-order valence-electron chi connectivity index (χ4n) is 1.86. The van der Waals surface area contributed by atoms with E-state index in [-0.39, 0.29) is 18.5 Å². The Hall–Kier alpha value is 0.803. The molecule has 1 aliphatic carbocycles. The maximum atomic E-state index is 3.23. The van der Waals surface area contributed by atoms with Crippen molar-refractivity contribution in [3.05, 3.63) is 41.5 Å². The Morgan fingerprint density at radius 3 is 2.40 bits per heavy atom. The Balaban J connectivity index is 0.000000337. The molecule has 0 saturated carbocycles. The van der Waals surface area contributed by atoms with E-state index in [1.807, 2.05) is 0 Å². The first-order chi connectivity index (χ1) is 7.20. The first kappa shape index (κ1) is 13.9. The molecule has 3 heteroatoms. The molecule has 0 nitrogen and oxygen atoms in total. The van der Waals surface area contributed by atoms with Crippen molar-refractivity contribution in [1.29, 1.82) is 0 Å². The molecule has 1 aromatic carbocycles. The summed E-state index contributed by atoms with van der Waals surface area (Å²) in [5, 5.41) is 0. The molecule has 80 valence electrons. The van der Waals surface area contributed by atoms with Crippen LogP contribution >= 0.6 is 24.4 Å². The summed E-state index contributed by atoms with van der Waals surface area (Å²) in [4.78, 5) is 0. The molecule has 1 aliphatic rings. The van der Waals surface area contributed by atoms with Gasteiger partial charge in [0.05, 0.1) is 0 Å². The standard InChI is InChI=1S/C12H14.2BrH.Zr/c1-9(2)11-8-7-10-5-3-4-6-12(10)11;;;/h3-9,11H,1-2H3;2*1H;/q;;;+2/p-2. The maximum absolute atomic E-state index is 3.23. The molecule has 0 saturated heterocycles. The number of halogens is 2. The third-order valence-corrected chi connectivity index (χ3v) is 2.56. The molecule has 2 rings (SSSR count). The van der Waals surface area contributed by atoms with Crippen molar-refractivity contribution in [2.24, 2.45) is 5.92 Å². The Bertz CT molecular complexity index is 334. The summed E-state index contributed by atoms with van der Waals surface area (Å²) in [6.45, 7) is 4.55. The molecular formula is C12H14Br2Zr. The van der Waals surface area contributed by atoms with Crippen LogP contribution in [0, 0.1) is 5.92 Å². The second-order valence-electron chi connectivity index (χ2n) is 3.83. The SMILES string of the molecule is CC(C)C1C=Cc2ccccc21.[Br][Zr][Br]. The van der Waals surface area contributed by atoms with E-state index in [4.69, 9.17) is 0 Å². The fourth-order valence-corrected chi connectivity index (χ4v) is 1.86. The Labute approximate surface area is 115 Å². The van der Waals surface area contributed by atoms with Gasteiger partial charge in [0.1, 0.15) is 0 Å². The van der Waals surface area contributed by atoms with Crippen molar-refractivity contribution in [3.8, 4) is 0 Å². The number of benzene rings is 1. The molecule has 0 heterocycles. The summed E-state index contributed by atoms with van der Waals surface area (Å²) in [7, 11) is 0. The Morgan fingerprint density at radius 1 is 1.20 bits per heavy atom. The van der Waals surface area contributed by atoms with Crippen LogP contribution in [-0.4, -0.2) is 0 Å². The third-order valence-electron chi connectivity index (χ3n) is 2.56. The van der Waals surface area contributed by atoms with Gasteiger partial charge in [0.25, 0.3) is 0 Å². The zero-order valence-corrected chi connectivity index (χ0v) is 14.5. The summed E-state index contributed by atoms with van der Waals surface area (Å²) in [5.41, 5.74) is 2.89. The second kappa shape index (κ2) is 7.19. The van der Waals surface area contributed by atoms with Gasteiger partial charge in [-0.05, 0) is 17.0 Å². The number of hydrogen-bond donors (Lipinski definition) is 0. The molecule has 0 spiro atoms. The second-order valence-corrected chi connectivity index (χ2v) is 15.2. The van der Waals surface area contributed by atoms with Crippen LogP contribution in [0.1, 0.15) is 30.9 Å². The van der Waals surface area contributed by atoms with Gasteiger partial charge in [-0.1, -0.05) is 50.3 Å². The van der Waals surface area contributed by atoms with Crippen molar-refractivity contribution < 1.29 is 18.5 Å². The van der Waals surface area contributed by atoms with E-state index in [9.17, 15) is 0 Å². The number of fused-ring (bicyclic) bond motifs is 1. The number of allylic oxidation sites excluding steroid dienone is 1. The van der Waals surface area contributed by atoms with E-state index in [1.54, 1.807) is 0 Å². The fraction of sp³-hybridized carbons (Fsp3) is 0.333. The number of hydrogen-bond acceptors (Lipinski definition) is 0. The average Bonchev–Trinajstić information content (AvgIpc) is 2.62. The molecule has 0 bridgehead atoms. The van der Waals surface area contributed by atoms with Crippen LogP contribution in [0.5, 0.6) is 0 Å². The van der Waals surface area contributed by atoms with Crippen LogP contribution in [0.3, 0.4) is 0 Å². The van der Waals surface area contributed by atoms with Crippen LogP contribution in [0.25, 0.3) is 6.08 Å². The third kappa shape index (κ3) is 3.94. The van der Waals surface area contributed by atoms with Crippen LogP contribution in [0.15, 0.2) is 30.3 Å². The van der Waals surface area contributed by atoms with E-state index >= 15 is 0 Å². The predicted octanol–water partition coefficient (Wildman–Crippen LogP) is 5.14. The first-order valence-corrected chi connectivity index (χ1v) is 16.2. The van der Waals surface area contributed by atoms with E-state index < -0.39 is 0 Å². The molecule has 0 N–H and O–H groups in total. The first-order valence-electron chi connectivity index (χ1n) is 4.94. The molecular weight excluding hydrogens is 395 g/mol. The minimum absolute atomic E-state index is 0.145. The van der Waals surface area contributed by atoms with Gasteiger partial charge in [0.15, 0.2) is 0 Å². The predicted molar refractivity (Wildman–Crippen MR) is 70.9 cm³/mol. The molecule has 0 amide bonds. The van der Waals surface area contributed by atoms with Crippen molar-refractivity contribution in [2.75, 3.05) is 0 Å². The summed E-state index contributed by atoms with van der Waals surface area (Å²) in [6, 6.07) is 8.65. The molecule has 15 heavy (non-hydrogen) atoms. The normalized spacial score (nSPS) is 17.0. The van der Waals surface area contributed by atoms with Gasteiger partial charge >= 0.3 is 43.0 Å². The van der Waals surface area contributed by atoms with Crippen molar-refractivity contribution in [2.45, 2.75) is 19.8 Å². The van der Waals surface area contributed by atoms with Gasteiger partial charge in [-0.15, -0.1) is 0 Å².